The first-order chi connectivity index (χ1) is 30.0. The van der Waals surface area contributed by atoms with Gasteiger partial charge in [0.25, 0.3) is 0 Å². The Kier molecular flexibility index (Phi) is 15.9. The third-order valence-electron chi connectivity index (χ3n) is 15.3. The maximum absolute atomic E-state index is 14.4. The molecule has 0 aromatic rings. The van der Waals surface area contributed by atoms with Crippen molar-refractivity contribution in [3.63, 3.8) is 0 Å². The van der Waals surface area contributed by atoms with Crippen LogP contribution in [0, 0.1) is 23.7 Å². The fourth-order valence-corrected chi connectivity index (χ4v) is 11.2. The second-order valence-corrected chi connectivity index (χ2v) is 19.5. The molecule has 0 aromatic heterocycles. The maximum atomic E-state index is 14.4. The van der Waals surface area contributed by atoms with Gasteiger partial charge < -0.3 is 62.7 Å². The van der Waals surface area contributed by atoms with Gasteiger partial charge in [-0.05, 0) is 69.1 Å². The average Bonchev–Trinajstić information content (AvgIpc) is 3.60. The average molecular weight is 889 g/mol. The summed E-state index contributed by atoms with van der Waals surface area (Å²) in [6.07, 6.45) is 7.62. The van der Waals surface area contributed by atoms with Gasteiger partial charge in [-0.3, -0.25) is 4.79 Å². The molecule has 14 heteroatoms. The van der Waals surface area contributed by atoms with Crippen molar-refractivity contribution < 1.29 is 67.5 Å². The number of rotatable bonds is 9. The van der Waals surface area contributed by atoms with Crippen LogP contribution in [0.4, 0.5) is 0 Å². The summed E-state index contributed by atoms with van der Waals surface area (Å²) in [5.74, 6) is -2.04. The van der Waals surface area contributed by atoms with Crippen LogP contribution in [0.15, 0.2) is 47.1 Å². The number of carbonyl (C=O) groups is 1. The summed E-state index contributed by atoms with van der Waals surface area (Å²) in [5, 5.41) is 34.3. The molecule has 63 heavy (non-hydrogen) atoms. The normalized spacial score (nSPS) is 46.7. The second-order valence-electron chi connectivity index (χ2n) is 19.5. The first-order valence-corrected chi connectivity index (χ1v) is 23.7. The highest BCUT2D eigenvalue weighted by molar-refractivity contribution is 5.78. The lowest BCUT2D eigenvalue weighted by molar-refractivity contribution is -0.342. The van der Waals surface area contributed by atoms with Gasteiger partial charge >= 0.3 is 5.97 Å². The third-order valence-corrected chi connectivity index (χ3v) is 15.3. The van der Waals surface area contributed by atoms with Gasteiger partial charge in [-0.2, -0.15) is 0 Å². The minimum Gasteiger partial charge on any atom is -0.462 e. The SMILES string of the molecule is CC[C@H]1CC[C@]2(C[C@@H]3C[C@@H](CC=C(C)[C@@H](O[C@H]4C[C@H](OC)[C@@H](O[C@H]5C[C@H](OC)[C@@H](O)[C@H](C)O5)[C@H](C)O4)[C@@H](C)C=CC=C4CO[C@@H]5[C@H](O)C(C)=C[C@@H](C(=O)O3)[C@]45O)O2)O[C@@H]1[C@@H](C)CC. The van der Waals surface area contributed by atoms with Crippen LogP contribution in [0.1, 0.15) is 113 Å². The highest BCUT2D eigenvalue weighted by atomic mass is 16.7. The number of aliphatic hydroxyl groups is 3. The van der Waals surface area contributed by atoms with E-state index in [4.69, 9.17) is 47.4 Å². The molecule has 5 saturated heterocycles. The zero-order valence-electron chi connectivity index (χ0n) is 39.2. The van der Waals surface area contributed by atoms with Crippen LogP contribution >= 0.6 is 0 Å². The van der Waals surface area contributed by atoms with Crippen LogP contribution in [0.5, 0.6) is 0 Å². The molecule has 0 amide bonds. The molecule has 2 bridgehead atoms. The number of methoxy groups -OCH3 is 2. The highest BCUT2D eigenvalue weighted by Gasteiger charge is 2.60. The van der Waals surface area contributed by atoms with Crippen LogP contribution in [0.2, 0.25) is 0 Å². The van der Waals surface area contributed by atoms with Crippen LogP contribution in [0.3, 0.4) is 0 Å². The molecule has 3 N–H and O–H groups in total. The number of allylic oxidation sites excluding steroid dienone is 2. The second kappa shape index (κ2) is 20.4. The molecule has 0 saturated carbocycles. The number of carbonyl (C=O) groups excluding carboxylic acids is 1. The van der Waals surface area contributed by atoms with Gasteiger partial charge in [0.05, 0.1) is 49.3 Å². The predicted molar refractivity (Wildman–Crippen MR) is 232 cm³/mol. The van der Waals surface area contributed by atoms with Gasteiger partial charge in [0.2, 0.25) is 0 Å². The molecule has 20 atom stereocenters. The molecule has 1 aliphatic carbocycles. The van der Waals surface area contributed by atoms with Crippen LogP contribution in [-0.4, -0.2) is 139 Å². The van der Waals surface area contributed by atoms with Crippen molar-refractivity contribution >= 4 is 5.97 Å². The molecule has 14 nitrogen and oxygen atoms in total. The number of ether oxygens (including phenoxy) is 10. The Morgan fingerprint density at radius 2 is 1.63 bits per heavy atom. The van der Waals surface area contributed by atoms with Gasteiger partial charge in [0.15, 0.2) is 18.4 Å². The van der Waals surface area contributed by atoms with E-state index < -0.39 is 90.8 Å². The summed E-state index contributed by atoms with van der Waals surface area (Å²) in [4.78, 5) is 14.4. The summed E-state index contributed by atoms with van der Waals surface area (Å²) in [6, 6.07) is 0. The minimum absolute atomic E-state index is 0.00681. The van der Waals surface area contributed by atoms with E-state index in [9.17, 15) is 20.1 Å². The molecular formula is C49H76O14. The molecule has 356 valence electrons. The first kappa shape index (κ1) is 48.9. The smallest absolute Gasteiger partial charge is 0.316 e. The summed E-state index contributed by atoms with van der Waals surface area (Å²) in [7, 11) is 3.23. The van der Waals surface area contributed by atoms with E-state index in [1.807, 2.05) is 19.1 Å². The Labute approximate surface area is 374 Å². The molecule has 6 heterocycles. The number of fused-ring (bicyclic) bond motifs is 2. The van der Waals surface area contributed by atoms with Crippen molar-refractivity contribution in [3.05, 3.63) is 47.1 Å². The van der Waals surface area contributed by atoms with Gasteiger partial charge in [0.1, 0.15) is 42.0 Å². The Morgan fingerprint density at radius 3 is 2.35 bits per heavy atom. The topological polar surface area (TPSA) is 170 Å². The lowest BCUT2D eigenvalue weighted by Crippen LogP contribution is -2.58. The Bertz CT molecular complexity index is 1700. The Morgan fingerprint density at radius 1 is 0.921 bits per heavy atom. The number of esters is 1. The molecule has 6 aliphatic heterocycles. The molecule has 5 fully saturated rings. The van der Waals surface area contributed by atoms with Crippen LogP contribution in [-0.2, 0) is 52.2 Å². The van der Waals surface area contributed by atoms with Crippen LogP contribution < -0.4 is 0 Å². The highest BCUT2D eigenvalue weighted by Crippen LogP contribution is 2.48. The minimum atomic E-state index is -1.82. The van der Waals surface area contributed by atoms with Crippen molar-refractivity contribution in [1.82, 2.24) is 0 Å². The molecule has 7 rings (SSSR count). The third kappa shape index (κ3) is 10.1. The summed E-state index contributed by atoms with van der Waals surface area (Å²) in [5.41, 5.74) is 0.192. The van der Waals surface area contributed by atoms with Crippen molar-refractivity contribution in [1.29, 1.82) is 0 Å². The molecule has 1 spiro atoms. The molecule has 0 unspecified atom stereocenters. The fourth-order valence-electron chi connectivity index (χ4n) is 11.2. The van der Waals surface area contributed by atoms with E-state index >= 15 is 0 Å². The quantitative estimate of drug-likeness (QED) is 0.182. The standard InChI is InChI=1S/C49H76O14/c1-11-26(3)44-32(12-2)18-19-48(63-44)24-35-21-34(62-48)17-16-28(5)43(27(4)14-13-15-33-25-56-46-41(50)29(6)20-36(47(52)59-35)49(33,46)53)60-40-23-38(55-10)45(31(8)58-40)61-39-22-37(54-9)42(51)30(7)57-39/h13-16,20,26-27,30-32,34-46,50-51,53H,11-12,17-19,21-25H2,1-10H3/t26-,27-,30-,31-,32-,34+,35-,36-,37-,38-,39-,40-,41+,42-,43-,44+,45-,46+,48+,49+/m0/s1. The number of hydrogen-bond acceptors (Lipinski definition) is 14. The van der Waals surface area contributed by atoms with E-state index in [0.29, 0.717) is 61.5 Å². The lowest BCUT2D eigenvalue weighted by Gasteiger charge is -2.51. The van der Waals surface area contributed by atoms with E-state index in [2.05, 4.69) is 40.7 Å². The zero-order chi connectivity index (χ0) is 45.4. The fraction of sp³-hybridized carbons (Fsp3) is 0.816. The number of hydrogen-bond donors (Lipinski definition) is 3. The van der Waals surface area contributed by atoms with Crippen molar-refractivity contribution in [2.75, 3.05) is 20.8 Å². The molecule has 7 aliphatic rings. The van der Waals surface area contributed by atoms with Crippen molar-refractivity contribution in [2.45, 2.75) is 210 Å². The summed E-state index contributed by atoms with van der Waals surface area (Å²) < 4.78 is 64.1. The van der Waals surface area contributed by atoms with Gasteiger partial charge in [0, 0.05) is 52.2 Å². The van der Waals surface area contributed by atoms with Crippen molar-refractivity contribution in [3.8, 4) is 0 Å². The van der Waals surface area contributed by atoms with Gasteiger partial charge in [-0.1, -0.05) is 70.9 Å². The first-order valence-electron chi connectivity index (χ1n) is 23.7. The van der Waals surface area contributed by atoms with Crippen LogP contribution in [0.25, 0.3) is 0 Å². The van der Waals surface area contributed by atoms with E-state index in [1.54, 1.807) is 40.2 Å². The zero-order valence-corrected chi connectivity index (χ0v) is 39.2. The van der Waals surface area contributed by atoms with E-state index in [-0.39, 0.29) is 30.8 Å². The van der Waals surface area contributed by atoms with Gasteiger partial charge in [-0.25, -0.2) is 0 Å². The van der Waals surface area contributed by atoms with E-state index in [1.165, 1.54) is 0 Å². The summed E-state index contributed by atoms with van der Waals surface area (Å²) in [6.45, 7) is 16.3. The largest absolute Gasteiger partial charge is 0.462 e. The lowest BCUT2D eigenvalue weighted by atomic mass is 9.71. The Hall–Kier alpha value is -2.05. The summed E-state index contributed by atoms with van der Waals surface area (Å²) >= 11 is 0. The monoisotopic (exact) mass is 889 g/mol. The van der Waals surface area contributed by atoms with E-state index in [0.717, 1.165) is 24.8 Å². The Balaban J connectivity index is 1.18. The van der Waals surface area contributed by atoms with Crippen molar-refractivity contribution in [2.24, 2.45) is 23.7 Å². The number of aliphatic hydroxyl groups excluding tert-OH is 2. The molecular weight excluding hydrogens is 813 g/mol. The molecule has 0 aromatic carbocycles. The maximum Gasteiger partial charge on any atom is 0.316 e. The molecule has 0 radical (unpaired) electrons. The predicted octanol–water partition coefficient (Wildman–Crippen LogP) is 5.99. The van der Waals surface area contributed by atoms with Gasteiger partial charge in [-0.15, -0.1) is 0 Å².